The van der Waals surface area contributed by atoms with Crippen molar-refractivity contribution < 1.29 is 22.6 Å². The van der Waals surface area contributed by atoms with Crippen LogP contribution in [0.25, 0.3) is 0 Å². The zero-order valence-corrected chi connectivity index (χ0v) is 16.4. The largest absolute Gasteiger partial charge is 0.495 e. The van der Waals surface area contributed by atoms with Crippen molar-refractivity contribution in [2.75, 3.05) is 51.3 Å². The number of anilines is 1. The van der Waals surface area contributed by atoms with Crippen LogP contribution in [0, 0.1) is 0 Å². The van der Waals surface area contributed by atoms with Crippen molar-refractivity contribution in [3.05, 3.63) is 54.1 Å². The lowest BCUT2D eigenvalue weighted by Gasteiger charge is -2.37. The Labute approximate surface area is 168 Å². The summed E-state index contributed by atoms with van der Waals surface area (Å²) in [5, 5.41) is 0. The van der Waals surface area contributed by atoms with Crippen molar-refractivity contribution in [2.45, 2.75) is 12.2 Å². The molecule has 0 amide bonds. The van der Waals surface area contributed by atoms with Gasteiger partial charge in [0, 0.05) is 44.3 Å². The van der Waals surface area contributed by atoms with Crippen LogP contribution < -0.4 is 20.1 Å². The summed E-state index contributed by atoms with van der Waals surface area (Å²) in [6.07, 6.45) is -4.38. The molecule has 2 aromatic rings. The molecule has 2 N–H and O–H groups in total. The van der Waals surface area contributed by atoms with Crippen LogP contribution in [0.5, 0.6) is 11.5 Å². The smallest absolute Gasteiger partial charge is 0.422 e. The van der Waals surface area contributed by atoms with Gasteiger partial charge in [0.1, 0.15) is 11.5 Å². The van der Waals surface area contributed by atoms with E-state index in [-0.39, 0.29) is 5.75 Å². The maximum absolute atomic E-state index is 12.5. The van der Waals surface area contributed by atoms with Gasteiger partial charge in [-0.2, -0.15) is 13.2 Å². The maximum Gasteiger partial charge on any atom is 0.422 e. The number of methoxy groups -OCH3 is 1. The van der Waals surface area contributed by atoms with Gasteiger partial charge in [0.05, 0.1) is 12.8 Å². The molecule has 0 bridgehead atoms. The number of nitrogens with two attached hydrogens (primary N) is 1. The topological polar surface area (TPSA) is 51.0 Å². The minimum Gasteiger partial charge on any atom is -0.495 e. The fourth-order valence-corrected chi connectivity index (χ4v) is 3.52. The number of piperazine rings is 1. The van der Waals surface area contributed by atoms with Crippen LogP contribution in [0.3, 0.4) is 0 Å². The normalized spacial score (nSPS) is 16.5. The molecular formula is C21H26F3N3O2. The van der Waals surface area contributed by atoms with Gasteiger partial charge in [0.2, 0.25) is 0 Å². The molecule has 0 spiro atoms. The molecule has 0 saturated carbocycles. The molecule has 1 aliphatic rings. The lowest BCUT2D eigenvalue weighted by atomic mass is 10.1. The van der Waals surface area contributed by atoms with Crippen LogP contribution in [0.15, 0.2) is 48.5 Å². The first-order valence-corrected chi connectivity index (χ1v) is 9.52. The molecule has 1 saturated heterocycles. The number of nitrogens with zero attached hydrogens (tertiary/aromatic N) is 2. The van der Waals surface area contributed by atoms with E-state index >= 15 is 0 Å². The number of halogens is 3. The number of para-hydroxylation sites is 3. The van der Waals surface area contributed by atoms with E-state index in [1.807, 2.05) is 24.3 Å². The van der Waals surface area contributed by atoms with Crippen LogP contribution in [-0.2, 0) is 0 Å². The number of hydrogen-bond donors (Lipinski definition) is 1. The Bertz CT molecular complexity index is 793. The van der Waals surface area contributed by atoms with Gasteiger partial charge < -0.3 is 20.1 Å². The number of benzene rings is 2. The molecule has 0 radical (unpaired) electrons. The van der Waals surface area contributed by atoms with Gasteiger partial charge in [-0.15, -0.1) is 0 Å². The zero-order chi connectivity index (χ0) is 20.9. The number of ether oxygens (including phenoxy) is 2. The fourth-order valence-electron chi connectivity index (χ4n) is 3.52. The number of hydrogen-bond acceptors (Lipinski definition) is 5. The van der Waals surface area contributed by atoms with Gasteiger partial charge in [0.15, 0.2) is 6.61 Å². The van der Waals surface area contributed by atoms with Crippen molar-refractivity contribution in [2.24, 2.45) is 5.73 Å². The van der Waals surface area contributed by atoms with Gasteiger partial charge in [-0.3, -0.25) is 4.90 Å². The van der Waals surface area contributed by atoms with Crippen LogP contribution >= 0.6 is 0 Å². The van der Waals surface area contributed by atoms with Crippen LogP contribution in [0.2, 0.25) is 0 Å². The second-order valence-corrected chi connectivity index (χ2v) is 7.01. The lowest BCUT2D eigenvalue weighted by molar-refractivity contribution is -0.153. The lowest BCUT2D eigenvalue weighted by Crippen LogP contribution is -2.48. The summed E-state index contributed by atoms with van der Waals surface area (Å²) >= 11 is 0. The first-order chi connectivity index (χ1) is 13.9. The fraction of sp³-hybridized carbons (Fsp3) is 0.429. The van der Waals surface area contributed by atoms with E-state index in [1.165, 1.54) is 6.07 Å². The third-order valence-electron chi connectivity index (χ3n) is 4.96. The van der Waals surface area contributed by atoms with Gasteiger partial charge in [-0.1, -0.05) is 30.3 Å². The highest BCUT2D eigenvalue weighted by molar-refractivity contribution is 5.58. The van der Waals surface area contributed by atoms with Crippen LogP contribution in [0.4, 0.5) is 18.9 Å². The second kappa shape index (κ2) is 9.37. The monoisotopic (exact) mass is 409 g/mol. The zero-order valence-electron chi connectivity index (χ0n) is 16.4. The molecule has 0 aromatic heterocycles. The maximum atomic E-state index is 12.5. The Morgan fingerprint density at radius 3 is 2.24 bits per heavy atom. The van der Waals surface area contributed by atoms with Gasteiger partial charge in [0.25, 0.3) is 0 Å². The molecule has 1 heterocycles. The summed E-state index contributed by atoms with van der Waals surface area (Å²) in [5.74, 6) is 1.03. The minimum absolute atomic E-state index is 0.185. The Hall–Kier alpha value is -2.45. The highest BCUT2D eigenvalue weighted by Gasteiger charge is 2.29. The molecule has 158 valence electrons. The quantitative estimate of drug-likeness (QED) is 0.759. The summed E-state index contributed by atoms with van der Waals surface area (Å²) in [4.78, 5) is 4.48. The van der Waals surface area contributed by atoms with Gasteiger partial charge in [-0.25, -0.2) is 0 Å². The Balaban J connectivity index is 1.58. The first-order valence-electron chi connectivity index (χ1n) is 9.52. The standard InChI is InChI=1S/C21H26F3N3O2/c1-28-20-9-5-3-7-18(20)27-12-10-26(11-13-27)14-17(25)16-6-2-4-8-19(16)29-15-21(22,23)24/h2-9,17H,10-15,25H2,1H3. The number of alkyl halides is 3. The highest BCUT2D eigenvalue weighted by atomic mass is 19.4. The molecule has 1 aliphatic heterocycles. The summed E-state index contributed by atoms with van der Waals surface area (Å²) in [6.45, 7) is 2.47. The van der Waals surface area contributed by atoms with E-state index in [0.717, 1.165) is 37.6 Å². The predicted molar refractivity (Wildman–Crippen MR) is 107 cm³/mol. The van der Waals surface area contributed by atoms with Crippen LogP contribution in [0.1, 0.15) is 11.6 Å². The van der Waals surface area contributed by atoms with Gasteiger partial charge in [-0.05, 0) is 18.2 Å². The molecule has 29 heavy (non-hydrogen) atoms. The van der Waals surface area contributed by atoms with Crippen molar-refractivity contribution in [3.63, 3.8) is 0 Å². The number of rotatable bonds is 7. The molecule has 1 unspecified atom stereocenters. The third kappa shape index (κ3) is 5.77. The average Bonchev–Trinajstić information content (AvgIpc) is 2.72. The van der Waals surface area contributed by atoms with Crippen molar-refractivity contribution in [1.29, 1.82) is 0 Å². The predicted octanol–water partition coefficient (Wildman–Crippen LogP) is 3.46. The van der Waals surface area contributed by atoms with Crippen molar-refractivity contribution >= 4 is 5.69 Å². The van der Waals surface area contributed by atoms with Crippen molar-refractivity contribution in [3.8, 4) is 11.5 Å². The highest BCUT2D eigenvalue weighted by Crippen LogP contribution is 2.30. The molecule has 1 fully saturated rings. The molecular weight excluding hydrogens is 383 g/mol. The Kier molecular flexibility index (Phi) is 6.87. The van der Waals surface area contributed by atoms with E-state index < -0.39 is 18.8 Å². The SMILES string of the molecule is COc1ccccc1N1CCN(CC(N)c2ccccc2OCC(F)(F)F)CC1. The second-order valence-electron chi connectivity index (χ2n) is 7.01. The van der Waals surface area contributed by atoms with E-state index in [4.69, 9.17) is 15.2 Å². The minimum atomic E-state index is -4.38. The summed E-state index contributed by atoms with van der Waals surface area (Å²) in [5.41, 5.74) is 7.97. The first kappa shape index (κ1) is 21.3. The van der Waals surface area contributed by atoms with Crippen molar-refractivity contribution in [1.82, 2.24) is 4.90 Å². The molecule has 1 atom stereocenters. The Morgan fingerprint density at radius 2 is 1.59 bits per heavy atom. The molecule has 3 rings (SSSR count). The summed E-state index contributed by atoms with van der Waals surface area (Å²) < 4.78 is 47.9. The summed E-state index contributed by atoms with van der Waals surface area (Å²) in [7, 11) is 1.66. The van der Waals surface area contributed by atoms with E-state index in [0.29, 0.717) is 12.1 Å². The van der Waals surface area contributed by atoms with E-state index in [1.54, 1.807) is 25.3 Å². The molecule has 0 aliphatic carbocycles. The average molecular weight is 409 g/mol. The molecule has 5 nitrogen and oxygen atoms in total. The van der Waals surface area contributed by atoms with Gasteiger partial charge >= 0.3 is 6.18 Å². The van der Waals surface area contributed by atoms with E-state index in [9.17, 15) is 13.2 Å². The molecule has 8 heteroatoms. The van der Waals surface area contributed by atoms with E-state index in [2.05, 4.69) is 9.80 Å². The third-order valence-corrected chi connectivity index (χ3v) is 4.96. The van der Waals surface area contributed by atoms with Crippen LogP contribution in [-0.4, -0.2) is 57.5 Å². The molecule has 2 aromatic carbocycles. The Morgan fingerprint density at radius 1 is 0.966 bits per heavy atom. The summed E-state index contributed by atoms with van der Waals surface area (Å²) in [6, 6.07) is 14.1.